The van der Waals surface area contributed by atoms with E-state index in [0.717, 1.165) is 40.0 Å². The average Bonchev–Trinajstić information content (AvgIpc) is 2.96. The van der Waals surface area contributed by atoms with Gasteiger partial charge in [-0.1, -0.05) is 50.7 Å². The lowest BCUT2D eigenvalue weighted by Gasteiger charge is -2.16. The number of rotatable bonds is 6. The molecule has 144 valence electrons. The van der Waals surface area contributed by atoms with Crippen molar-refractivity contribution in [2.45, 2.75) is 68.7 Å². The zero-order valence-corrected chi connectivity index (χ0v) is 18.3. The average molecular weight is 402 g/mol. The molecule has 1 aliphatic heterocycles. The monoisotopic (exact) mass is 401 g/mol. The number of hydrogen-bond acceptors (Lipinski definition) is 5. The summed E-state index contributed by atoms with van der Waals surface area (Å²) in [5.74, 6) is 1.61. The van der Waals surface area contributed by atoms with E-state index < -0.39 is 0 Å². The molecule has 1 aliphatic rings. The molecule has 0 aliphatic carbocycles. The van der Waals surface area contributed by atoms with Crippen LogP contribution in [-0.4, -0.2) is 26.9 Å². The normalized spacial score (nSPS) is 18.4. The predicted octanol–water partition coefficient (Wildman–Crippen LogP) is 5.37. The smallest absolute Gasteiger partial charge is 0.234 e. The van der Waals surface area contributed by atoms with Crippen LogP contribution < -0.4 is 5.32 Å². The largest absolute Gasteiger partial charge is 0.325 e. The number of amides is 1. The molecular weight excluding hydrogens is 374 g/mol. The summed E-state index contributed by atoms with van der Waals surface area (Å²) < 4.78 is 0. The van der Waals surface area contributed by atoms with E-state index in [0.29, 0.717) is 16.9 Å². The minimum atomic E-state index is 0.0146. The quantitative estimate of drug-likeness (QED) is 0.520. The molecule has 0 fully saturated rings. The summed E-state index contributed by atoms with van der Waals surface area (Å²) in [4.78, 5) is 21.9. The van der Waals surface area contributed by atoms with Crippen molar-refractivity contribution in [3.05, 3.63) is 40.7 Å². The maximum Gasteiger partial charge on any atom is 0.234 e. The van der Waals surface area contributed by atoms with Gasteiger partial charge < -0.3 is 5.32 Å². The zero-order chi connectivity index (χ0) is 19.6. The van der Waals surface area contributed by atoms with E-state index in [1.165, 1.54) is 22.9 Å². The number of benzene rings is 1. The van der Waals surface area contributed by atoms with E-state index in [1.807, 2.05) is 37.7 Å². The Hall–Kier alpha value is -1.53. The molecule has 2 heterocycles. The standard InChI is InChI=1S/C21H27N3OS2/c1-6-15-10-8-9-12(3)19(15)24-17(25)11-26-20-18-16(7-2)13(4)27-21(18)23-14(5)22-20/h8-10,13,16H,6-7,11H2,1-5H3,(H,24,25)/t13-,16+/m1/s1. The van der Waals surface area contributed by atoms with Gasteiger partial charge in [-0.05, 0) is 37.8 Å². The Kier molecular flexibility index (Phi) is 6.48. The second-order valence-electron chi connectivity index (χ2n) is 6.93. The summed E-state index contributed by atoms with van der Waals surface area (Å²) in [6, 6.07) is 6.14. The maximum absolute atomic E-state index is 12.6. The molecule has 1 aromatic heterocycles. The van der Waals surface area contributed by atoms with Gasteiger partial charge in [-0.15, -0.1) is 11.8 Å². The molecule has 0 saturated heterocycles. The molecule has 3 rings (SSSR count). The molecule has 1 aromatic carbocycles. The number of para-hydroxylation sites is 1. The SMILES string of the molecule is CCc1cccc(C)c1NC(=O)CSc1nc(C)nc2c1[C@@H](CC)[C@@H](C)S2. The summed E-state index contributed by atoms with van der Waals surface area (Å²) >= 11 is 3.36. The molecule has 0 bridgehead atoms. The first-order chi connectivity index (χ1) is 12.9. The van der Waals surface area contributed by atoms with Crippen molar-refractivity contribution in [3.8, 4) is 0 Å². The fourth-order valence-electron chi connectivity index (χ4n) is 3.59. The number of aromatic nitrogens is 2. The number of nitrogens with one attached hydrogen (secondary N) is 1. The lowest BCUT2D eigenvalue weighted by Crippen LogP contribution is -2.17. The predicted molar refractivity (Wildman–Crippen MR) is 115 cm³/mol. The first-order valence-electron chi connectivity index (χ1n) is 9.50. The molecule has 0 spiro atoms. The summed E-state index contributed by atoms with van der Waals surface area (Å²) in [5.41, 5.74) is 4.46. The number of carbonyl (C=O) groups is 1. The van der Waals surface area contributed by atoms with Gasteiger partial charge in [-0.3, -0.25) is 4.79 Å². The summed E-state index contributed by atoms with van der Waals surface area (Å²) in [6.45, 7) is 10.5. The van der Waals surface area contributed by atoms with Crippen LogP contribution in [0.2, 0.25) is 0 Å². The van der Waals surface area contributed by atoms with Gasteiger partial charge in [0.2, 0.25) is 5.91 Å². The van der Waals surface area contributed by atoms with Gasteiger partial charge >= 0.3 is 0 Å². The number of carbonyl (C=O) groups excluding carboxylic acids is 1. The Bertz CT molecular complexity index is 854. The van der Waals surface area contributed by atoms with Gasteiger partial charge in [0, 0.05) is 22.4 Å². The van der Waals surface area contributed by atoms with Crippen molar-refractivity contribution in [2.75, 3.05) is 11.1 Å². The number of fused-ring (bicyclic) bond motifs is 1. The maximum atomic E-state index is 12.6. The van der Waals surface area contributed by atoms with Crippen molar-refractivity contribution >= 4 is 35.1 Å². The van der Waals surface area contributed by atoms with Crippen LogP contribution in [0.4, 0.5) is 5.69 Å². The van der Waals surface area contributed by atoms with E-state index >= 15 is 0 Å². The van der Waals surface area contributed by atoms with Crippen LogP contribution >= 0.6 is 23.5 Å². The number of thioether (sulfide) groups is 2. The molecule has 2 aromatic rings. The minimum absolute atomic E-state index is 0.0146. The van der Waals surface area contributed by atoms with E-state index in [1.54, 1.807) is 0 Å². The van der Waals surface area contributed by atoms with Gasteiger partial charge in [-0.25, -0.2) is 9.97 Å². The van der Waals surface area contributed by atoms with Gasteiger partial charge in [0.25, 0.3) is 0 Å². The first-order valence-corrected chi connectivity index (χ1v) is 11.4. The Labute approximate surface area is 170 Å². The Morgan fingerprint density at radius 2 is 2.04 bits per heavy atom. The van der Waals surface area contributed by atoms with E-state index in [-0.39, 0.29) is 5.91 Å². The van der Waals surface area contributed by atoms with Crippen LogP contribution in [0, 0.1) is 13.8 Å². The Morgan fingerprint density at radius 3 is 2.74 bits per heavy atom. The highest BCUT2D eigenvalue weighted by molar-refractivity contribution is 8.01. The molecule has 2 atom stereocenters. The summed E-state index contributed by atoms with van der Waals surface area (Å²) in [7, 11) is 0. The van der Waals surface area contributed by atoms with Crippen LogP contribution in [0.5, 0.6) is 0 Å². The molecule has 0 saturated carbocycles. The highest BCUT2D eigenvalue weighted by atomic mass is 32.2. The first kappa shape index (κ1) is 20.2. The van der Waals surface area contributed by atoms with Crippen molar-refractivity contribution in [1.82, 2.24) is 9.97 Å². The molecule has 1 N–H and O–H groups in total. The molecule has 4 nitrogen and oxygen atoms in total. The second-order valence-corrected chi connectivity index (χ2v) is 9.26. The highest BCUT2D eigenvalue weighted by Crippen LogP contribution is 2.48. The molecule has 0 unspecified atom stereocenters. The third-order valence-corrected chi connectivity index (χ3v) is 7.23. The molecular formula is C21H27N3OS2. The van der Waals surface area contributed by atoms with Gasteiger partial charge in [0.15, 0.2) is 0 Å². The fourth-order valence-corrected chi connectivity index (χ4v) is 6.00. The highest BCUT2D eigenvalue weighted by Gasteiger charge is 2.33. The van der Waals surface area contributed by atoms with E-state index in [9.17, 15) is 4.79 Å². The van der Waals surface area contributed by atoms with Gasteiger partial charge in [0.1, 0.15) is 15.9 Å². The zero-order valence-electron chi connectivity index (χ0n) is 16.6. The number of anilines is 1. The summed E-state index contributed by atoms with van der Waals surface area (Å²) in [5, 5.41) is 5.68. The third-order valence-electron chi connectivity index (χ3n) is 5.01. The Balaban J connectivity index is 1.76. The third kappa shape index (κ3) is 4.32. The number of aryl methyl sites for hydroxylation is 3. The molecule has 1 amide bonds. The van der Waals surface area contributed by atoms with E-state index in [4.69, 9.17) is 0 Å². The number of nitrogens with zero attached hydrogens (tertiary/aromatic N) is 2. The molecule has 0 radical (unpaired) electrons. The van der Waals surface area contributed by atoms with Crippen LogP contribution in [-0.2, 0) is 11.2 Å². The fraction of sp³-hybridized carbons (Fsp3) is 0.476. The topological polar surface area (TPSA) is 54.9 Å². The van der Waals surface area contributed by atoms with Crippen LogP contribution in [0.3, 0.4) is 0 Å². The Morgan fingerprint density at radius 1 is 1.26 bits per heavy atom. The minimum Gasteiger partial charge on any atom is -0.325 e. The lowest BCUT2D eigenvalue weighted by molar-refractivity contribution is -0.113. The molecule has 6 heteroatoms. The molecule has 27 heavy (non-hydrogen) atoms. The number of hydrogen-bond donors (Lipinski definition) is 1. The summed E-state index contributed by atoms with van der Waals surface area (Å²) in [6.07, 6.45) is 1.97. The van der Waals surface area contributed by atoms with Crippen LogP contribution in [0.25, 0.3) is 0 Å². The van der Waals surface area contributed by atoms with Crippen molar-refractivity contribution in [1.29, 1.82) is 0 Å². The van der Waals surface area contributed by atoms with E-state index in [2.05, 4.69) is 42.1 Å². The van der Waals surface area contributed by atoms with Crippen molar-refractivity contribution in [2.24, 2.45) is 0 Å². The van der Waals surface area contributed by atoms with Gasteiger partial charge in [0.05, 0.1) is 5.75 Å². The van der Waals surface area contributed by atoms with Gasteiger partial charge in [-0.2, -0.15) is 0 Å². The van der Waals surface area contributed by atoms with Crippen LogP contribution in [0.1, 0.15) is 55.6 Å². The van der Waals surface area contributed by atoms with Crippen molar-refractivity contribution < 1.29 is 4.79 Å². The lowest BCUT2D eigenvalue weighted by atomic mass is 9.96. The van der Waals surface area contributed by atoms with Crippen molar-refractivity contribution in [3.63, 3.8) is 0 Å². The van der Waals surface area contributed by atoms with Crippen LogP contribution in [0.15, 0.2) is 28.3 Å². The second kappa shape index (κ2) is 8.65.